The number of sulfonamides is 1. The molecule has 1 fully saturated rings. The summed E-state index contributed by atoms with van der Waals surface area (Å²) in [6, 6.07) is 4.71. The summed E-state index contributed by atoms with van der Waals surface area (Å²) in [5.74, 6) is -0.664. The molecule has 0 bridgehead atoms. The van der Waals surface area contributed by atoms with E-state index in [0.717, 1.165) is 38.1 Å². The van der Waals surface area contributed by atoms with Gasteiger partial charge in [0.1, 0.15) is 5.82 Å². The fourth-order valence-electron chi connectivity index (χ4n) is 2.45. The molecule has 1 aliphatic rings. The van der Waals surface area contributed by atoms with Gasteiger partial charge >= 0.3 is 0 Å². The van der Waals surface area contributed by atoms with Crippen LogP contribution in [0.15, 0.2) is 29.2 Å². The Morgan fingerprint density at radius 2 is 1.87 bits per heavy atom. The molecule has 0 saturated carbocycles. The third-order valence-electron chi connectivity index (χ3n) is 3.85. The van der Waals surface area contributed by atoms with Gasteiger partial charge in [0, 0.05) is 19.0 Å². The van der Waals surface area contributed by atoms with Gasteiger partial charge in [-0.15, -0.1) is 0 Å². The van der Waals surface area contributed by atoms with Crippen molar-refractivity contribution in [2.75, 3.05) is 26.7 Å². The minimum atomic E-state index is -3.72. The SMILES string of the molecule is CN1CCC(NC(=O)CCNS(=O)(=O)c2ccc(F)cc2)CC1. The monoisotopic (exact) mass is 343 g/mol. The molecule has 1 aromatic carbocycles. The summed E-state index contributed by atoms with van der Waals surface area (Å²) in [5, 5.41) is 2.92. The first kappa shape index (κ1) is 17.8. The standard InChI is InChI=1S/C15H22FN3O3S/c1-19-10-7-13(8-11-19)18-15(20)6-9-17-23(21,22)14-4-2-12(16)3-5-14/h2-5,13,17H,6-11H2,1H3,(H,18,20). The lowest BCUT2D eigenvalue weighted by molar-refractivity contribution is -0.121. The number of halogens is 1. The first-order valence-electron chi connectivity index (χ1n) is 7.60. The van der Waals surface area contributed by atoms with E-state index in [9.17, 15) is 17.6 Å². The number of carbonyl (C=O) groups is 1. The molecule has 0 aliphatic carbocycles. The normalized spacial score (nSPS) is 17.1. The molecule has 1 saturated heterocycles. The quantitative estimate of drug-likeness (QED) is 0.797. The van der Waals surface area contributed by atoms with Crippen molar-refractivity contribution in [1.82, 2.24) is 14.9 Å². The first-order chi connectivity index (χ1) is 10.9. The number of nitrogens with one attached hydrogen (secondary N) is 2. The van der Waals surface area contributed by atoms with Crippen LogP contribution in [-0.2, 0) is 14.8 Å². The predicted octanol–water partition coefficient (Wildman–Crippen LogP) is 0.704. The summed E-state index contributed by atoms with van der Waals surface area (Å²) < 4.78 is 39.1. The minimum absolute atomic E-state index is 0.0121. The molecule has 0 spiro atoms. The van der Waals surface area contributed by atoms with E-state index in [1.165, 1.54) is 12.1 Å². The van der Waals surface area contributed by atoms with E-state index in [1.807, 2.05) is 7.05 Å². The van der Waals surface area contributed by atoms with Crippen molar-refractivity contribution in [2.24, 2.45) is 0 Å². The van der Waals surface area contributed by atoms with Gasteiger partial charge < -0.3 is 10.2 Å². The van der Waals surface area contributed by atoms with Crippen molar-refractivity contribution in [3.63, 3.8) is 0 Å². The van der Waals surface area contributed by atoms with E-state index in [4.69, 9.17) is 0 Å². The lowest BCUT2D eigenvalue weighted by atomic mass is 10.1. The van der Waals surface area contributed by atoms with Crippen LogP contribution in [-0.4, -0.2) is 51.9 Å². The van der Waals surface area contributed by atoms with Crippen molar-refractivity contribution >= 4 is 15.9 Å². The molecule has 23 heavy (non-hydrogen) atoms. The summed E-state index contributed by atoms with van der Waals surface area (Å²) in [6.45, 7) is 1.91. The fraction of sp³-hybridized carbons (Fsp3) is 0.533. The molecule has 0 unspecified atom stereocenters. The van der Waals surface area contributed by atoms with Gasteiger partial charge in [0.05, 0.1) is 4.90 Å². The van der Waals surface area contributed by atoms with E-state index < -0.39 is 15.8 Å². The topological polar surface area (TPSA) is 78.5 Å². The average molecular weight is 343 g/mol. The van der Waals surface area contributed by atoms with Crippen molar-refractivity contribution in [3.05, 3.63) is 30.1 Å². The van der Waals surface area contributed by atoms with Crippen LogP contribution in [0.2, 0.25) is 0 Å². The summed E-state index contributed by atoms with van der Waals surface area (Å²) in [5.41, 5.74) is 0. The Balaban J connectivity index is 1.75. The molecule has 0 aromatic heterocycles. The predicted molar refractivity (Wildman–Crippen MR) is 84.9 cm³/mol. The Bertz CT molecular complexity index is 626. The Morgan fingerprint density at radius 1 is 1.26 bits per heavy atom. The maximum atomic E-state index is 12.8. The highest BCUT2D eigenvalue weighted by molar-refractivity contribution is 7.89. The Hall–Kier alpha value is -1.51. The van der Waals surface area contributed by atoms with Crippen LogP contribution in [0.5, 0.6) is 0 Å². The average Bonchev–Trinajstić information content (AvgIpc) is 2.50. The molecule has 0 atom stereocenters. The third-order valence-corrected chi connectivity index (χ3v) is 5.33. The number of rotatable bonds is 6. The van der Waals surface area contributed by atoms with Crippen LogP contribution in [0.1, 0.15) is 19.3 Å². The van der Waals surface area contributed by atoms with Gasteiger partial charge in [0.2, 0.25) is 15.9 Å². The second-order valence-electron chi connectivity index (χ2n) is 5.75. The van der Waals surface area contributed by atoms with E-state index in [1.54, 1.807) is 0 Å². The summed E-state index contributed by atoms with van der Waals surface area (Å²) >= 11 is 0. The third kappa shape index (κ3) is 5.56. The molecular weight excluding hydrogens is 321 g/mol. The van der Waals surface area contributed by atoms with Crippen molar-refractivity contribution in [2.45, 2.75) is 30.2 Å². The molecule has 1 aliphatic heterocycles. The second-order valence-corrected chi connectivity index (χ2v) is 7.51. The lowest BCUT2D eigenvalue weighted by Crippen LogP contribution is -2.44. The van der Waals surface area contributed by atoms with Crippen LogP contribution < -0.4 is 10.0 Å². The van der Waals surface area contributed by atoms with Crippen LogP contribution in [0.25, 0.3) is 0 Å². The first-order valence-corrected chi connectivity index (χ1v) is 9.08. The van der Waals surface area contributed by atoms with Crippen LogP contribution >= 0.6 is 0 Å². The van der Waals surface area contributed by atoms with Gasteiger partial charge in [-0.2, -0.15) is 0 Å². The highest BCUT2D eigenvalue weighted by atomic mass is 32.2. The van der Waals surface area contributed by atoms with Gasteiger partial charge in [-0.1, -0.05) is 0 Å². The summed E-state index contributed by atoms with van der Waals surface area (Å²) in [6.07, 6.45) is 1.89. The molecule has 128 valence electrons. The molecule has 1 aromatic rings. The largest absolute Gasteiger partial charge is 0.353 e. The molecule has 0 radical (unpaired) electrons. The Kier molecular flexibility index (Phi) is 6.09. The van der Waals surface area contributed by atoms with Gasteiger partial charge in [-0.05, 0) is 57.2 Å². The minimum Gasteiger partial charge on any atom is -0.353 e. The van der Waals surface area contributed by atoms with Crippen molar-refractivity contribution in [1.29, 1.82) is 0 Å². The second kappa shape index (κ2) is 7.85. The zero-order valence-electron chi connectivity index (χ0n) is 13.1. The number of nitrogens with zero attached hydrogens (tertiary/aromatic N) is 1. The molecule has 8 heteroatoms. The number of hydrogen-bond acceptors (Lipinski definition) is 4. The van der Waals surface area contributed by atoms with Crippen LogP contribution in [0.4, 0.5) is 4.39 Å². The number of carbonyl (C=O) groups excluding carboxylic acids is 1. The summed E-state index contributed by atoms with van der Waals surface area (Å²) in [4.78, 5) is 14.0. The maximum Gasteiger partial charge on any atom is 0.240 e. The molecule has 6 nitrogen and oxygen atoms in total. The van der Waals surface area contributed by atoms with E-state index >= 15 is 0 Å². The zero-order chi connectivity index (χ0) is 16.9. The number of benzene rings is 1. The highest BCUT2D eigenvalue weighted by Gasteiger charge is 2.19. The molecule has 2 N–H and O–H groups in total. The number of hydrogen-bond donors (Lipinski definition) is 2. The lowest BCUT2D eigenvalue weighted by Gasteiger charge is -2.29. The summed E-state index contributed by atoms with van der Waals surface area (Å²) in [7, 11) is -1.67. The number of likely N-dealkylation sites (tertiary alicyclic amines) is 1. The van der Waals surface area contributed by atoms with E-state index in [2.05, 4.69) is 14.9 Å². The van der Waals surface area contributed by atoms with Gasteiger partial charge in [-0.25, -0.2) is 17.5 Å². The van der Waals surface area contributed by atoms with Gasteiger partial charge in [0.15, 0.2) is 0 Å². The Morgan fingerprint density at radius 3 is 2.48 bits per heavy atom. The number of amides is 1. The molecule has 2 rings (SSSR count). The van der Waals surface area contributed by atoms with Crippen LogP contribution in [0.3, 0.4) is 0 Å². The molecule has 1 amide bonds. The van der Waals surface area contributed by atoms with Gasteiger partial charge in [-0.3, -0.25) is 4.79 Å². The van der Waals surface area contributed by atoms with Crippen molar-refractivity contribution in [3.8, 4) is 0 Å². The van der Waals surface area contributed by atoms with Gasteiger partial charge in [0.25, 0.3) is 0 Å². The fourth-order valence-corrected chi connectivity index (χ4v) is 3.48. The van der Waals surface area contributed by atoms with E-state index in [-0.39, 0.29) is 29.8 Å². The Labute approximate surface area is 136 Å². The highest BCUT2D eigenvalue weighted by Crippen LogP contribution is 2.10. The maximum absolute atomic E-state index is 12.8. The zero-order valence-corrected chi connectivity index (χ0v) is 13.9. The van der Waals surface area contributed by atoms with Crippen LogP contribution in [0, 0.1) is 5.82 Å². The smallest absolute Gasteiger partial charge is 0.240 e. The van der Waals surface area contributed by atoms with Crippen molar-refractivity contribution < 1.29 is 17.6 Å². The molecule has 1 heterocycles. The molecular formula is C15H22FN3O3S. The van der Waals surface area contributed by atoms with E-state index in [0.29, 0.717) is 0 Å². The number of piperidine rings is 1.